The normalized spacial score (nSPS) is 26.3. The summed E-state index contributed by atoms with van der Waals surface area (Å²) in [6.45, 7) is 12.3. The standard InChI is InChI=1S/C22H31NO3Si/c1-21(2,3)27(4,5)26-16-17-15-23(18-10-7-6-8-11-18)20(25)22(17)13-9-12-19(24)14-22/h6-12,17H,13-16H2,1-5H3/t17-,22+/m0/s1. The predicted molar refractivity (Wildman–Crippen MR) is 111 cm³/mol. The summed E-state index contributed by atoms with van der Waals surface area (Å²) in [7, 11) is -1.93. The Hall–Kier alpha value is -1.72. The summed E-state index contributed by atoms with van der Waals surface area (Å²) >= 11 is 0. The first-order valence-corrected chi connectivity index (χ1v) is 12.7. The molecule has 0 aromatic heterocycles. The van der Waals surface area contributed by atoms with Crippen LogP contribution in [-0.4, -0.2) is 33.2 Å². The summed E-state index contributed by atoms with van der Waals surface area (Å²) in [5.41, 5.74) is 0.239. The first-order valence-electron chi connectivity index (χ1n) is 9.77. The maximum Gasteiger partial charge on any atom is 0.234 e. The Morgan fingerprint density at radius 1 is 1.19 bits per heavy atom. The van der Waals surface area contributed by atoms with Crippen molar-refractivity contribution >= 4 is 25.7 Å². The quantitative estimate of drug-likeness (QED) is 0.713. The summed E-state index contributed by atoms with van der Waals surface area (Å²) in [6.07, 6.45) is 4.40. The van der Waals surface area contributed by atoms with Gasteiger partial charge in [-0.05, 0) is 42.8 Å². The molecule has 1 aliphatic carbocycles. The van der Waals surface area contributed by atoms with Crippen molar-refractivity contribution in [3.63, 3.8) is 0 Å². The largest absolute Gasteiger partial charge is 0.416 e. The Kier molecular flexibility index (Phi) is 5.21. The number of hydrogen-bond acceptors (Lipinski definition) is 3. The lowest BCUT2D eigenvalue weighted by Gasteiger charge is -2.39. The van der Waals surface area contributed by atoms with E-state index in [9.17, 15) is 9.59 Å². The maximum atomic E-state index is 13.5. The summed E-state index contributed by atoms with van der Waals surface area (Å²) < 4.78 is 6.50. The van der Waals surface area contributed by atoms with E-state index in [0.29, 0.717) is 19.6 Å². The fourth-order valence-electron chi connectivity index (χ4n) is 3.81. The zero-order chi connectivity index (χ0) is 19.9. The van der Waals surface area contributed by atoms with Crippen LogP contribution in [0.4, 0.5) is 5.69 Å². The van der Waals surface area contributed by atoms with E-state index < -0.39 is 13.7 Å². The highest BCUT2D eigenvalue weighted by Crippen LogP contribution is 2.48. The molecule has 3 rings (SSSR count). The number of rotatable bonds is 4. The zero-order valence-corrected chi connectivity index (χ0v) is 18.1. The minimum Gasteiger partial charge on any atom is -0.416 e. The average molecular weight is 386 g/mol. The van der Waals surface area contributed by atoms with Gasteiger partial charge in [-0.15, -0.1) is 0 Å². The Balaban J connectivity index is 1.89. The second-order valence-electron chi connectivity index (χ2n) is 9.43. The minimum absolute atomic E-state index is 0.0215. The molecule has 146 valence electrons. The first kappa shape index (κ1) is 20.0. The van der Waals surface area contributed by atoms with Gasteiger partial charge in [0.1, 0.15) is 0 Å². The van der Waals surface area contributed by atoms with Gasteiger partial charge >= 0.3 is 0 Å². The third-order valence-electron chi connectivity index (χ3n) is 6.65. The summed E-state index contributed by atoms with van der Waals surface area (Å²) in [6, 6.07) is 9.76. The molecule has 1 aliphatic heterocycles. The van der Waals surface area contributed by atoms with Crippen molar-refractivity contribution in [3.05, 3.63) is 42.5 Å². The van der Waals surface area contributed by atoms with Gasteiger partial charge in [0, 0.05) is 31.2 Å². The summed E-state index contributed by atoms with van der Waals surface area (Å²) in [5, 5.41) is 0.115. The van der Waals surface area contributed by atoms with Crippen molar-refractivity contribution in [3.8, 4) is 0 Å². The number of benzene rings is 1. The highest BCUT2D eigenvalue weighted by molar-refractivity contribution is 6.74. The molecule has 1 fully saturated rings. The zero-order valence-electron chi connectivity index (χ0n) is 17.1. The molecule has 1 aromatic carbocycles. The van der Waals surface area contributed by atoms with Crippen LogP contribution in [-0.2, 0) is 14.0 Å². The fourth-order valence-corrected chi connectivity index (χ4v) is 4.86. The Labute approximate surface area is 163 Å². The number of hydrogen-bond donors (Lipinski definition) is 0. The van der Waals surface area contributed by atoms with Gasteiger partial charge in [-0.2, -0.15) is 0 Å². The Bertz CT molecular complexity index is 751. The molecule has 4 nitrogen and oxygen atoms in total. The predicted octanol–water partition coefficient (Wildman–Crippen LogP) is 4.58. The SMILES string of the molecule is CC(C)(C)[Si](C)(C)OC[C@@H]1CN(c2ccccc2)C(=O)[C@@]12CC=CC(=O)C2. The fraction of sp³-hybridized carbons (Fsp3) is 0.545. The van der Waals surface area contributed by atoms with Crippen molar-refractivity contribution in [2.45, 2.75) is 51.7 Å². The lowest BCUT2D eigenvalue weighted by molar-refractivity contribution is -0.132. The lowest BCUT2D eigenvalue weighted by atomic mass is 9.69. The minimum atomic E-state index is -1.93. The number of anilines is 1. The molecule has 2 aliphatic rings. The van der Waals surface area contributed by atoms with Crippen LogP contribution in [0, 0.1) is 11.3 Å². The van der Waals surface area contributed by atoms with Crippen LogP contribution in [0.25, 0.3) is 0 Å². The molecule has 1 aromatic rings. The van der Waals surface area contributed by atoms with E-state index in [2.05, 4.69) is 33.9 Å². The van der Waals surface area contributed by atoms with Gasteiger partial charge in [-0.1, -0.05) is 45.0 Å². The Morgan fingerprint density at radius 3 is 2.44 bits per heavy atom. The van der Waals surface area contributed by atoms with E-state index in [1.165, 1.54) is 0 Å². The van der Waals surface area contributed by atoms with Gasteiger partial charge in [-0.25, -0.2) is 0 Å². The average Bonchev–Trinajstić information content (AvgIpc) is 2.85. The molecule has 0 unspecified atom stereocenters. The second kappa shape index (κ2) is 7.02. The van der Waals surface area contributed by atoms with Crippen molar-refractivity contribution in [1.29, 1.82) is 0 Å². The molecule has 27 heavy (non-hydrogen) atoms. The van der Waals surface area contributed by atoms with Crippen LogP contribution in [0.1, 0.15) is 33.6 Å². The third-order valence-corrected chi connectivity index (χ3v) is 11.2. The molecule has 5 heteroatoms. The molecular weight excluding hydrogens is 354 g/mol. The molecule has 1 spiro atoms. The number of nitrogens with zero attached hydrogens (tertiary/aromatic N) is 1. The van der Waals surface area contributed by atoms with Gasteiger partial charge in [0.2, 0.25) is 5.91 Å². The van der Waals surface area contributed by atoms with Crippen molar-refractivity contribution in [2.24, 2.45) is 11.3 Å². The molecule has 0 N–H and O–H groups in total. The first-order chi connectivity index (χ1) is 12.6. The summed E-state index contributed by atoms with van der Waals surface area (Å²) in [5.74, 6) is 0.130. The van der Waals surface area contributed by atoms with E-state index in [4.69, 9.17) is 4.43 Å². The van der Waals surface area contributed by atoms with Gasteiger partial charge in [0.15, 0.2) is 14.1 Å². The summed E-state index contributed by atoms with van der Waals surface area (Å²) in [4.78, 5) is 27.5. The van der Waals surface area contributed by atoms with Gasteiger partial charge in [0.05, 0.1) is 5.41 Å². The van der Waals surface area contributed by atoms with Crippen LogP contribution < -0.4 is 4.90 Å². The second-order valence-corrected chi connectivity index (χ2v) is 14.2. The topological polar surface area (TPSA) is 46.6 Å². The molecule has 0 radical (unpaired) electrons. The third kappa shape index (κ3) is 3.67. The maximum absolute atomic E-state index is 13.5. The number of allylic oxidation sites excluding steroid dienone is 2. The van der Waals surface area contributed by atoms with Gasteiger partial charge < -0.3 is 9.33 Å². The van der Waals surface area contributed by atoms with E-state index in [0.717, 1.165) is 5.69 Å². The van der Waals surface area contributed by atoms with E-state index in [1.807, 2.05) is 41.3 Å². The number of amides is 1. The van der Waals surface area contributed by atoms with Crippen molar-refractivity contribution in [2.75, 3.05) is 18.1 Å². The molecule has 1 heterocycles. The number of ketones is 1. The van der Waals surface area contributed by atoms with Crippen LogP contribution in [0.15, 0.2) is 42.5 Å². The number of carbonyl (C=O) groups excluding carboxylic acids is 2. The molecule has 0 saturated carbocycles. The van der Waals surface area contributed by atoms with Gasteiger partial charge in [0.25, 0.3) is 0 Å². The molecule has 1 saturated heterocycles. The highest BCUT2D eigenvalue weighted by Gasteiger charge is 2.55. The molecule has 1 amide bonds. The van der Waals surface area contributed by atoms with Crippen LogP contribution >= 0.6 is 0 Å². The van der Waals surface area contributed by atoms with E-state index >= 15 is 0 Å². The number of carbonyl (C=O) groups is 2. The van der Waals surface area contributed by atoms with Crippen molar-refractivity contribution < 1.29 is 14.0 Å². The van der Waals surface area contributed by atoms with E-state index in [1.54, 1.807) is 6.08 Å². The Morgan fingerprint density at radius 2 is 1.85 bits per heavy atom. The monoisotopic (exact) mass is 385 g/mol. The lowest BCUT2D eigenvalue weighted by Crippen LogP contribution is -2.45. The molecule has 2 atom stereocenters. The van der Waals surface area contributed by atoms with Crippen LogP contribution in [0.3, 0.4) is 0 Å². The highest BCUT2D eigenvalue weighted by atomic mass is 28.4. The molecular formula is C22H31NO3Si. The van der Waals surface area contributed by atoms with Crippen LogP contribution in [0.2, 0.25) is 18.1 Å². The van der Waals surface area contributed by atoms with Gasteiger partial charge in [-0.3, -0.25) is 9.59 Å². The van der Waals surface area contributed by atoms with E-state index in [-0.39, 0.29) is 29.1 Å². The van der Waals surface area contributed by atoms with Crippen LogP contribution in [0.5, 0.6) is 0 Å². The number of para-hydroxylation sites is 1. The van der Waals surface area contributed by atoms with Crippen molar-refractivity contribution in [1.82, 2.24) is 0 Å². The smallest absolute Gasteiger partial charge is 0.234 e. The molecule has 0 bridgehead atoms.